The van der Waals surface area contributed by atoms with Crippen molar-refractivity contribution in [2.45, 2.75) is 39.5 Å². The van der Waals surface area contributed by atoms with Crippen LogP contribution in [0.5, 0.6) is 0 Å². The van der Waals surface area contributed by atoms with Crippen LogP contribution < -0.4 is 11.1 Å². The summed E-state index contributed by atoms with van der Waals surface area (Å²) in [5.74, 6) is 1.61. The summed E-state index contributed by atoms with van der Waals surface area (Å²) in [5.41, 5.74) is 5.62. The zero-order valence-corrected chi connectivity index (χ0v) is 11.3. The summed E-state index contributed by atoms with van der Waals surface area (Å²) < 4.78 is 0. The second-order valence-electron chi connectivity index (χ2n) is 4.22. The van der Waals surface area contributed by atoms with Crippen molar-refractivity contribution < 1.29 is 0 Å². The van der Waals surface area contributed by atoms with Gasteiger partial charge < -0.3 is 11.1 Å². The van der Waals surface area contributed by atoms with Gasteiger partial charge in [0.2, 0.25) is 0 Å². The molecule has 3 N–H and O–H groups in total. The lowest BCUT2D eigenvalue weighted by Crippen LogP contribution is -2.15. The largest absolute Gasteiger partial charge is 0.382 e. The molecule has 0 bridgehead atoms. The summed E-state index contributed by atoms with van der Waals surface area (Å²) in [5, 5.41) is 3.67. The van der Waals surface area contributed by atoms with Crippen LogP contribution in [0, 0.1) is 5.92 Å². The van der Waals surface area contributed by atoms with E-state index in [1.165, 1.54) is 25.6 Å². The minimum Gasteiger partial charge on any atom is -0.382 e. The molecule has 1 aromatic heterocycles. The standard InChI is InChI=1S/C12H21ClN4/c1-3-5-6-9(4-2)7-15-12-10(13)11(14)16-8-17-12/h8-9H,3-7H2,1-2H3,(H3,14,15,16,17). The molecule has 1 rings (SSSR count). The minimum atomic E-state index is 0.325. The Hall–Kier alpha value is -1.03. The van der Waals surface area contributed by atoms with Crippen LogP contribution in [0.3, 0.4) is 0 Å². The van der Waals surface area contributed by atoms with Gasteiger partial charge in [-0.15, -0.1) is 0 Å². The van der Waals surface area contributed by atoms with Crippen LogP contribution in [-0.4, -0.2) is 16.5 Å². The molecule has 1 unspecified atom stereocenters. The van der Waals surface area contributed by atoms with E-state index >= 15 is 0 Å². The normalized spacial score (nSPS) is 12.4. The van der Waals surface area contributed by atoms with Gasteiger partial charge in [-0.3, -0.25) is 0 Å². The van der Waals surface area contributed by atoms with Crippen LogP contribution in [0.2, 0.25) is 5.02 Å². The Kier molecular flexibility index (Phi) is 6.05. The number of unbranched alkanes of at least 4 members (excludes halogenated alkanes) is 1. The molecule has 1 atom stereocenters. The number of anilines is 2. The number of nitrogen functional groups attached to an aromatic ring is 1. The molecule has 0 aliphatic rings. The van der Waals surface area contributed by atoms with Crippen LogP contribution in [0.15, 0.2) is 6.33 Å². The van der Waals surface area contributed by atoms with Crippen molar-refractivity contribution in [3.8, 4) is 0 Å². The van der Waals surface area contributed by atoms with E-state index in [1.54, 1.807) is 0 Å². The molecule has 0 radical (unpaired) electrons. The highest BCUT2D eigenvalue weighted by Crippen LogP contribution is 2.24. The first kappa shape index (κ1) is 14.0. The fraction of sp³-hybridized carbons (Fsp3) is 0.667. The number of rotatable bonds is 7. The Balaban J connectivity index is 2.50. The van der Waals surface area contributed by atoms with Crippen molar-refractivity contribution in [3.63, 3.8) is 0 Å². The molecule has 1 heterocycles. The van der Waals surface area contributed by atoms with E-state index in [4.69, 9.17) is 17.3 Å². The third-order valence-corrected chi connectivity index (χ3v) is 3.29. The Bertz CT molecular complexity index is 343. The van der Waals surface area contributed by atoms with Crippen molar-refractivity contribution in [1.29, 1.82) is 0 Å². The summed E-state index contributed by atoms with van der Waals surface area (Å²) in [6.45, 7) is 5.30. The van der Waals surface area contributed by atoms with Gasteiger partial charge >= 0.3 is 0 Å². The minimum absolute atomic E-state index is 0.325. The SMILES string of the molecule is CCCCC(CC)CNc1ncnc(N)c1Cl. The lowest BCUT2D eigenvalue weighted by molar-refractivity contribution is 0.472. The first-order valence-corrected chi connectivity index (χ1v) is 6.56. The molecule has 4 nitrogen and oxygen atoms in total. The quantitative estimate of drug-likeness (QED) is 0.785. The lowest BCUT2D eigenvalue weighted by Gasteiger charge is -2.16. The van der Waals surface area contributed by atoms with Gasteiger partial charge in [0.1, 0.15) is 23.0 Å². The van der Waals surface area contributed by atoms with Crippen molar-refractivity contribution in [2.24, 2.45) is 5.92 Å². The molecule has 5 heteroatoms. The number of aromatic nitrogens is 2. The highest BCUT2D eigenvalue weighted by molar-refractivity contribution is 6.35. The van der Waals surface area contributed by atoms with Gasteiger partial charge in [0.05, 0.1) is 0 Å². The molecule has 0 amide bonds. The number of nitrogens with one attached hydrogen (secondary N) is 1. The van der Waals surface area contributed by atoms with E-state index < -0.39 is 0 Å². The lowest BCUT2D eigenvalue weighted by atomic mass is 9.99. The molecule has 0 saturated carbocycles. The Morgan fingerprint density at radius 2 is 2.18 bits per heavy atom. The molecule has 0 saturated heterocycles. The predicted molar refractivity (Wildman–Crippen MR) is 73.3 cm³/mol. The van der Waals surface area contributed by atoms with E-state index in [-0.39, 0.29) is 0 Å². The summed E-state index contributed by atoms with van der Waals surface area (Å²) in [6.07, 6.45) is 6.32. The van der Waals surface area contributed by atoms with Gasteiger partial charge in [-0.2, -0.15) is 0 Å². The highest BCUT2D eigenvalue weighted by Gasteiger charge is 2.09. The summed E-state index contributed by atoms with van der Waals surface area (Å²) in [7, 11) is 0. The van der Waals surface area contributed by atoms with E-state index in [0.29, 0.717) is 22.6 Å². The van der Waals surface area contributed by atoms with Crippen LogP contribution >= 0.6 is 11.6 Å². The molecular formula is C12H21ClN4. The molecule has 17 heavy (non-hydrogen) atoms. The van der Waals surface area contributed by atoms with Gasteiger partial charge in [0.15, 0.2) is 0 Å². The van der Waals surface area contributed by atoms with Crippen molar-refractivity contribution in [3.05, 3.63) is 11.3 Å². The van der Waals surface area contributed by atoms with E-state index in [9.17, 15) is 0 Å². The molecule has 96 valence electrons. The summed E-state index contributed by atoms with van der Waals surface area (Å²) in [6, 6.07) is 0. The predicted octanol–water partition coefficient (Wildman–Crippen LogP) is 3.34. The average molecular weight is 257 g/mol. The molecule has 0 aliphatic heterocycles. The Morgan fingerprint density at radius 3 is 2.82 bits per heavy atom. The summed E-state index contributed by atoms with van der Waals surface area (Å²) >= 11 is 6.01. The number of nitrogens with zero attached hydrogens (tertiary/aromatic N) is 2. The number of nitrogens with two attached hydrogens (primary N) is 1. The monoisotopic (exact) mass is 256 g/mol. The Labute approximate surface area is 108 Å². The van der Waals surface area contributed by atoms with Gasteiger partial charge in [0.25, 0.3) is 0 Å². The van der Waals surface area contributed by atoms with Crippen LogP contribution in [-0.2, 0) is 0 Å². The maximum atomic E-state index is 6.01. The second kappa shape index (κ2) is 7.33. The van der Waals surface area contributed by atoms with Gasteiger partial charge in [0, 0.05) is 6.54 Å². The van der Waals surface area contributed by atoms with Crippen molar-refractivity contribution in [2.75, 3.05) is 17.6 Å². The van der Waals surface area contributed by atoms with Crippen molar-refractivity contribution in [1.82, 2.24) is 9.97 Å². The fourth-order valence-electron chi connectivity index (χ4n) is 1.69. The first-order chi connectivity index (χ1) is 8.19. The molecule has 1 aromatic rings. The van der Waals surface area contributed by atoms with Gasteiger partial charge in [-0.05, 0) is 12.3 Å². The molecule has 0 spiro atoms. The number of hydrogen-bond donors (Lipinski definition) is 2. The molecule has 0 aliphatic carbocycles. The maximum Gasteiger partial charge on any atom is 0.150 e. The topological polar surface area (TPSA) is 63.8 Å². The first-order valence-electron chi connectivity index (χ1n) is 6.18. The smallest absolute Gasteiger partial charge is 0.150 e. The maximum absolute atomic E-state index is 6.01. The fourth-order valence-corrected chi connectivity index (χ4v) is 1.86. The number of halogens is 1. The van der Waals surface area contributed by atoms with E-state index in [1.807, 2.05) is 0 Å². The highest BCUT2D eigenvalue weighted by atomic mass is 35.5. The zero-order chi connectivity index (χ0) is 12.7. The average Bonchev–Trinajstić information content (AvgIpc) is 2.34. The molecule has 0 fully saturated rings. The zero-order valence-electron chi connectivity index (χ0n) is 10.5. The van der Waals surface area contributed by atoms with Crippen LogP contribution in [0.4, 0.5) is 11.6 Å². The third kappa shape index (κ3) is 4.38. The molecular weight excluding hydrogens is 236 g/mol. The van der Waals surface area contributed by atoms with Crippen LogP contribution in [0.1, 0.15) is 39.5 Å². The third-order valence-electron chi connectivity index (χ3n) is 2.92. The Morgan fingerprint density at radius 1 is 1.41 bits per heavy atom. The van der Waals surface area contributed by atoms with Gasteiger partial charge in [-0.25, -0.2) is 9.97 Å². The van der Waals surface area contributed by atoms with E-state index in [2.05, 4.69) is 29.1 Å². The second-order valence-corrected chi connectivity index (χ2v) is 4.60. The van der Waals surface area contributed by atoms with E-state index in [0.717, 1.165) is 13.0 Å². The van der Waals surface area contributed by atoms with Gasteiger partial charge in [-0.1, -0.05) is 44.7 Å². The van der Waals surface area contributed by atoms with Crippen LogP contribution in [0.25, 0.3) is 0 Å². The van der Waals surface area contributed by atoms with Crippen molar-refractivity contribution >= 4 is 23.2 Å². The molecule has 0 aromatic carbocycles. The summed E-state index contributed by atoms with van der Waals surface area (Å²) in [4.78, 5) is 7.92. The number of hydrogen-bond acceptors (Lipinski definition) is 4.